The normalized spacial score (nSPS) is 17.7. The Morgan fingerprint density at radius 2 is 1.78 bits per heavy atom. The summed E-state index contributed by atoms with van der Waals surface area (Å²) in [5.74, 6) is -0.292. The van der Waals surface area contributed by atoms with E-state index in [-0.39, 0.29) is 5.82 Å². The molecular weight excluding hydrogens is 363 g/mol. The van der Waals surface area contributed by atoms with Crippen molar-refractivity contribution in [3.8, 4) is 0 Å². The number of fused-ring (bicyclic) bond motifs is 4. The van der Waals surface area contributed by atoms with Crippen LogP contribution in [0, 0.1) is 5.82 Å². The lowest BCUT2D eigenvalue weighted by atomic mass is 9.92. The van der Waals surface area contributed by atoms with E-state index in [0.29, 0.717) is 24.4 Å². The molecule has 140 valence electrons. The van der Waals surface area contributed by atoms with Gasteiger partial charge in [0.05, 0.1) is 4.90 Å². The molecule has 3 aromatic rings. The Kier molecular flexibility index (Phi) is 3.88. The van der Waals surface area contributed by atoms with Gasteiger partial charge < -0.3 is 4.98 Å². The lowest BCUT2D eigenvalue weighted by molar-refractivity contribution is 0.391. The number of H-pyrrole nitrogens is 1. The molecule has 2 aliphatic rings. The number of aromatic amines is 1. The van der Waals surface area contributed by atoms with Crippen molar-refractivity contribution in [3.63, 3.8) is 0 Å². The van der Waals surface area contributed by atoms with Crippen molar-refractivity contribution in [1.29, 1.82) is 0 Å². The zero-order valence-electron chi connectivity index (χ0n) is 15.0. The Labute approximate surface area is 158 Å². The predicted octanol–water partition coefficient (Wildman–Crippen LogP) is 3.93. The van der Waals surface area contributed by atoms with Crippen molar-refractivity contribution in [2.24, 2.45) is 0 Å². The van der Waals surface area contributed by atoms with Crippen LogP contribution in [0.3, 0.4) is 0 Å². The van der Waals surface area contributed by atoms with Crippen LogP contribution in [0.1, 0.15) is 35.2 Å². The highest BCUT2D eigenvalue weighted by molar-refractivity contribution is 7.89. The quantitative estimate of drug-likeness (QED) is 0.728. The monoisotopic (exact) mass is 384 g/mol. The van der Waals surface area contributed by atoms with Crippen LogP contribution < -0.4 is 0 Å². The van der Waals surface area contributed by atoms with Gasteiger partial charge in [-0.25, -0.2) is 12.8 Å². The molecular formula is C21H21FN2O2S. The van der Waals surface area contributed by atoms with Crippen LogP contribution in [0.15, 0.2) is 41.3 Å². The lowest BCUT2D eigenvalue weighted by Gasteiger charge is -2.27. The van der Waals surface area contributed by atoms with Gasteiger partial charge >= 0.3 is 0 Å². The third kappa shape index (κ3) is 2.78. The largest absolute Gasteiger partial charge is 0.358 e. The van der Waals surface area contributed by atoms with Gasteiger partial charge in [0.15, 0.2) is 0 Å². The molecule has 0 radical (unpaired) electrons. The molecule has 1 aliphatic carbocycles. The first-order chi connectivity index (χ1) is 13.0. The van der Waals surface area contributed by atoms with Crippen LogP contribution in [0.5, 0.6) is 0 Å². The van der Waals surface area contributed by atoms with Gasteiger partial charge in [-0.2, -0.15) is 4.31 Å². The molecule has 0 bridgehead atoms. The Hall–Kier alpha value is -2.18. The number of aryl methyl sites for hydroxylation is 2. The summed E-state index contributed by atoms with van der Waals surface area (Å²) < 4.78 is 41.6. The molecule has 1 N–H and O–H groups in total. The topological polar surface area (TPSA) is 53.2 Å². The van der Waals surface area contributed by atoms with Gasteiger partial charge in [-0.05, 0) is 72.7 Å². The van der Waals surface area contributed by atoms with E-state index in [1.54, 1.807) is 16.4 Å². The molecule has 0 atom stereocenters. The average Bonchev–Trinajstić information content (AvgIpc) is 3.04. The molecule has 2 heterocycles. The minimum absolute atomic E-state index is 0.292. The van der Waals surface area contributed by atoms with E-state index in [1.165, 1.54) is 29.7 Å². The number of sulfonamides is 1. The summed E-state index contributed by atoms with van der Waals surface area (Å²) in [6.45, 7) is 0.752. The Morgan fingerprint density at radius 1 is 0.963 bits per heavy atom. The van der Waals surface area contributed by atoms with Crippen LogP contribution >= 0.6 is 0 Å². The Balaban J connectivity index is 1.51. The molecule has 0 amide bonds. The molecule has 27 heavy (non-hydrogen) atoms. The Bertz CT molecular complexity index is 1150. The fourth-order valence-electron chi connectivity index (χ4n) is 4.39. The van der Waals surface area contributed by atoms with Gasteiger partial charge in [0.25, 0.3) is 0 Å². The molecule has 0 saturated heterocycles. The second kappa shape index (κ2) is 6.17. The van der Waals surface area contributed by atoms with Gasteiger partial charge in [-0.1, -0.05) is 6.07 Å². The van der Waals surface area contributed by atoms with Gasteiger partial charge in [-0.3, -0.25) is 0 Å². The molecule has 0 fully saturated rings. The van der Waals surface area contributed by atoms with Gasteiger partial charge in [-0.15, -0.1) is 0 Å². The molecule has 1 aliphatic heterocycles. The van der Waals surface area contributed by atoms with Crippen LogP contribution in [0.25, 0.3) is 10.9 Å². The van der Waals surface area contributed by atoms with E-state index < -0.39 is 10.0 Å². The van der Waals surface area contributed by atoms with Gasteiger partial charge in [0.1, 0.15) is 5.82 Å². The van der Waals surface area contributed by atoms with E-state index in [0.717, 1.165) is 41.4 Å². The first kappa shape index (κ1) is 17.0. The second-order valence-corrected chi connectivity index (χ2v) is 9.44. The number of halogens is 1. The minimum atomic E-state index is -3.55. The maximum absolute atomic E-state index is 13.5. The van der Waals surface area contributed by atoms with Crippen molar-refractivity contribution in [1.82, 2.24) is 9.29 Å². The second-order valence-electron chi connectivity index (χ2n) is 7.50. The standard InChI is InChI=1S/C21H21FN2O2S/c22-16-6-8-18-19-13-24(10-9-20(19)23-21(18)12-16)27(25,26)17-7-5-14-3-1-2-4-15(14)11-17/h5-8,11-12,23H,1-4,9-10,13H2. The maximum atomic E-state index is 13.5. The summed E-state index contributed by atoms with van der Waals surface area (Å²) in [4.78, 5) is 3.63. The summed E-state index contributed by atoms with van der Waals surface area (Å²) in [6.07, 6.45) is 4.89. The SMILES string of the molecule is O=S(=O)(c1ccc2c(c1)CCCC2)N1CCc2[nH]c3cc(F)ccc3c2C1. The third-order valence-electron chi connectivity index (χ3n) is 5.86. The maximum Gasteiger partial charge on any atom is 0.243 e. The fourth-order valence-corrected chi connectivity index (χ4v) is 5.85. The first-order valence-electron chi connectivity index (χ1n) is 9.43. The first-order valence-corrected chi connectivity index (χ1v) is 10.9. The number of hydrogen-bond acceptors (Lipinski definition) is 2. The summed E-state index contributed by atoms with van der Waals surface area (Å²) in [5.41, 5.74) is 5.14. The summed E-state index contributed by atoms with van der Waals surface area (Å²) in [7, 11) is -3.55. The molecule has 4 nitrogen and oxygen atoms in total. The molecule has 2 aromatic carbocycles. The molecule has 1 aromatic heterocycles. The highest BCUT2D eigenvalue weighted by Gasteiger charge is 2.31. The number of nitrogens with zero attached hydrogens (tertiary/aromatic N) is 1. The molecule has 5 rings (SSSR count). The molecule has 6 heteroatoms. The van der Waals surface area contributed by atoms with E-state index in [2.05, 4.69) is 4.98 Å². The predicted molar refractivity (Wildman–Crippen MR) is 103 cm³/mol. The van der Waals surface area contributed by atoms with Crippen molar-refractivity contribution in [3.05, 3.63) is 64.6 Å². The number of rotatable bonds is 2. The number of aromatic nitrogens is 1. The highest BCUT2D eigenvalue weighted by atomic mass is 32.2. The molecule has 0 saturated carbocycles. The van der Waals surface area contributed by atoms with Crippen LogP contribution in [-0.2, 0) is 35.8 Å². The van der Waals surface area contributed by atoms with Crippen LogP contribution in [-0.4, -0.2) is 24.3 Å². The van der Waals surface area contributed by atoms with E-state index >= 15 is 0 Å². The van der Waals surface area contributed by atoms with Crippen molar-refractivity contribution >= 4 is 20.9 Å². The van der Waals surface area contributed by atoms with E-state index in [9.17, 15) is 12.8 Å². The average molecular weight is 384 g/mol. The van der Waals surface area contributed by atoms with Crippen molar-refractivity contribution < 1.29 is 12.8 Å². The van der Waals surface area contributed by atoms with Crippen molar-refractivity contribution in [2.45, 2.75) is 43.5 Å². The minimum Gasteiger partial charge on any atom is -0.358 e. The lowest BCUT2D eigenvalue weighted by Crippen LogP contribution is -2.35. The molecule has 0 unspecified atom stereocenters. The van der Waals surface area contributed by atoms with E-state index in [1.807, 2.05) is 12.1 Å². The molecule has 0 spiro atoms. The van der Waals surface area contributed by atoms with Gasteiger partial charge in [0.2, 0.25) is 10.0 Å². The highest BCUT2D eigenvalue weighted by Crippen LogP contribution is 2.32. The third-order valence-corrected chi connectivity index (χ3v) is 7.70. The van der Waals surface area contributed by atoms with Crippen molar-refractivity contribution in [2.75, 3.05) is 6.54 Å². The fraction of sp³-hybridized carbons (Fsp3) is 0.333. The summed E-state index contributed by atoms with van der Waals surface area (Å²) in [5, 5.41) is 0.900. The van der Waals surface area contributed by atoms with Gasteiger partial charge in [0, 0.05) is 36.1 Å². The summed E-state index contributed by atoms with van der Waals surface area (Å²) in [6, 6.07) is 10.2. The van der Waals surface area contributed by atoms with E-state index in [4.69, 9.17) is 0 Å². The number of nitrogens with one attached hydrogen (secondary N) is 1. The summed E-state index contributed by atoms with van der Waals surface area (Å²) >= 11 is 0. The van der Waals surface area contributed by atoms with Crippen LogP contribution in [0.2, 0.25) is 0 Å². The zero-order chi connectivity index (χ0) is 18.6. The number of benzene rings is 2. The zero-order valence-corrected chi connectivity index (χ0v) is 15.8. The van der Waals surface area contributed by atoms with Crippen LogP contribution in [0.4, 0.5) is 4.39 Å². The Morgan fingerprint density at radius 3 is 2.63 bits per heavy atom. The number of hydrogen-bond donors (Lipinski definition) is 1. The smallest absolute Gasteiger partial charge is 0.243 e.